The molecule has 0 spiro atoms. The molecule has 0 saturated carbocycles. The molecule has 0 bridgehead atoms. The summed E-state index contributed by atoms with van der Waals surface area (Å²) in [5.74, 6) is -2.14. The van der Waals surface area contributed by atoms with Gasteiger partial charge in [-0.25, -0.2) is 22.5 Å². The van der Waals surface area contributed by atoms with Crippen molar-refractivity contribution in [1.82, 2.24) is 4.98 Å². The van der Waals surface area contributed by atoms with Gasteiger partial charge in [0.25, 0.3) is 0 Å². The molecule has 1 heterocycles. The molecule has 1 aromatic rings. The average Bonchev–Trinajstić information content (AvgIpc) is 2.33. The minimum Gasteiger partial charge on any atom is -0.478 e. The summed E-state index contributed by atoms with van der Waals surface area (Å²) in [6, 6.07) is 2.28. The third kappa shape index (κ3) is 5.38. The van der Waals surface area contributed by atoms with Gasteiger partial charge in [-0.2, -0.15) is 0 Å². The van der Waals surface area contributed by atoms with Gasteiger partial charge in [0.05, 0.1) is 5.56 Å². The number of rotatable bonds is 5. The molecule has 1 rings (SSSR count). The largest absolute Gasteiger partial charge is 0.478 e. The first-order chi connectivity index (χ1) is 9.60. The summed E-state index contributed by atoms with van der Waals surface area (Å²) in [4.78, 5) is 26.3. The van der Waals surface area contributed by atoms with Gasteiger partial charge in [0, 0.05) is 6.20 Å². The highest BCUT2D eigenvalue weighted by Crippen LogP contribution is 2.14. The fourth-order valence-electron chi connectivity index (χ4n) is 1.41. The van der Waals surface area contributed by atoms with E-state index in [-0.39, 0.29) is 11.4 Å². The Morgan fingerprint density at radius 3 is 2.48 bits per heavy atom. The quantitative estimate of drug-likeness (QED) is 0.599. The van der Waals surface area contributed by atoms with Crippen LogP contribution in [0.2, 0.25) is 0 Å². The van der Waals surface area contributed by atoms with E-state index in [4.69, 9.17) is 9.84 Å². The van der Waals surface area contributed by atoms with E-state index < -0.39 is 35.0 Å². The number of nitrogens with zero attached hydrogens (tertiary/aromatic N) is 2. The maximum absolute atomic E-state index is 11.7. The maximum atomic E-state index is 11.7. The molecule has 0 amide bonds. The van der Waals surface area contributed by atoms with Gasteiger partial charge in [-0.1, -0.05) is 0 Å². The zero-order valence-electron chi connectivity index (χ0n) is 11.8. The fraction of sp³-hybridized carbons (Fsp3) is 0.417. The molecule has 1 aromatic heterocycles. The van der Waals surface area contributed by atoms with Gasteiger partial charge in [-0.3, -0.25) is 4.79 Å². The van der Waals surface area contributed by atoms with Gasteiger partial charge in [0.15, 0.2) is 0 Å². The number of ether oxygens (including phenoxy) is 1. The Labute approximate surface area is 123 Å². The van der Waals surface area contributed by atoms with Crippen molar-refractivity contribution in [3.8, 4) is 0 Å². The van der Waals surface area contributed by atoms with Gasteiger partial charge in [-0.15, -0.1) is 0 Å². The lowest BCUT2D eigenvalue weighted by molar-refractivity contribution is -0.152. The van der Waals surface area contributed by atoms with E-state index in [9.17, 15) is 18.0 Å². The van der Waals surface area contributed by atoms with Crippen molar-refractivity contribution in [1.29, 1.82) is 0 Å². The van der Waals surface area contributed by atoms with E-state index in [0.29, 0.717) is 4.31 Å². The summed E-state index contributed by atoms with van der Waals surface area (Å²) in [6.45, 7) is 4.37. The van der Waals surface area contributed by atoms with Gasteiger partial charge >= 0.3 is 11.9 Å². The van der Waals surface area contributed by atoms with E-state index in [1.54, 1.807) is 20.8 Å². The van der Waals surface area contributed by atoms with Gasteiger partial charge in [0.1, 0.15) is 18.0 Å². The Balaban J connectivity index is 3.00. The third-order valence-electron chi connectivity index (χ3n) is 2.15. The second kappa shape index (κ2) is 6.53. The van der Waals surface area contributed by atoms with Crippen LogP contribution in [-0.2, 0) is 20.4 Å². The number of pyridine rings is 1. The monoisotopic (exact) mass is 316 g/mol. The number of thiol groups is 1. The molecule has 0 aromatic carbocycles. The maximum Gasteiger partial charge on any atom is 0.335 e. The summed E-state index contributed by atoms with van der Waals surface area (Å²) in [5, 5.41) is 8.88. The Bertz CT molecular complexity index is 612. The van der Waals surface area contributed by atoms with Crippen molar-refractivity contribution in [3.63, 3.8) is 0 Å². The zero-order valence-corrected chi connectivity index (χ0v) is 12.7. The van der Waals surface area contributed by atoms with Crippen molar-refractivity contribution in [2.45, 2.75) is 26.4 Å². The van der Waals surface area contributed by atoms with Crippen molar-refractivity contribution < 1.29 is 27.9 Å². The lowest BCUT2D eigenvalue weighted by Gasteiger charge is -2.22. The summed E-state index contributed by atoms with van der Waals surface area (Å²) >= 11 is 0. The van der Waals surface area contributed by atoms with Crippen LogP contribution < -0.4 is 4.31 Å². The van der Waals surface area contributed by atoms with Crippen molar-refractivity contribution in [3.05, 3.63) is 23.9 Å². The first-order valence-electron chi connectivity index (χ1n) is 5.93. The molecule has 0 aliphatic heterocycles. The van der Waals surface area contributed by atoms with Crippen molar-refractivity contribution >= 4 is 28.6 Å². The minimum atomic E-state index is -3.17. The van der Waals surface area contributed by atoms with Crippen LogP contribution in [0.3, 0.4) is 0 Å². The van der Waals surface area contributed by atoms with E-state index in [1.165, 1.54) is 6.07 Å². The number of anilines is 1. The van der Waals surface area contributed by atoms with Crippen LogP contribution in [0.15, 0.2) is 18.3 Å². The molecule has 0 saturated heterocycles. The Kier molecular flexibility index (Phi) is 5.25. The molecular weight excluding hydrogens is 300 g/mol. The van der Waals surface area contributed by atoms with Gasteiger partial charge in [0.2, 0.25) is 10.9 Å². The second-order valence-corrected chi connectivity index (χ2v) is 6.05. The fourth-order valence-corrected chi connectivity index (χ4v) is 1.92. The smallest absolute Gasteiger partial charge is 0.335 e. The molecule has 21 heavy (non-hydrogen) atoms. The van der Waals surface area contributed by atoms with Gasteiger partial charge < -0.3 is 9.84 Å². The highest BCUT2D eigenvalue weighted by atomic mass is 32.2. The molecule has 116 valence electrons. The topological polar surface area (TPSA) is 114 Å². The highest BCUT2D eigenvalue weighted by molar-refractivity contribution is 7.74. The third-order valence-corrected chi connectivity index (χ3v) is 2.89. The van der Waals surface area contributed by atoms with Crippen LogP contribution in [-0.4, -0.2) is 42.6 Å². The number of aromatic carboxylic acids is 1. The van der Waals surface area contributed by atoms with Crippen molar-refractivity contribution in [2.24, 2.45) is 0 Å². The molecule has 0 aliphatic carbocycles. The molecule has 1 N–H and O–H groups in total. The van der Waals surface area contributed by atoms with E-state index in [2.05, 4.69) is 4.98 Å². The summed E-state index contributed by atoms with van der Waals surface area (Å²) in [5.41, 5.74) is -0.890. The molecule has 0 radical (unpaired) electrons. The molecule has 9 heteroatoms. The molecule has 0 atom stereocenters. The lowest BCUT2D eigenvalue weighted by Crippen LogP contribution is -2.34. The molecule has 0 unspecified atom stereocenters. The normalized spacial score (nSPS) is 11.2. The van der Waals surface area contributed by atoms with E-state index in [1.807, 2.05) is 0 Å². The summed E-state index contributed by atoms with van der Waals surface area (Å²) < 4.78 is 28.2. The standard InChI is InChI=1S/C12H16N2O6S/c1-12(2,3)20-10(15)7-14(21(18)19)9-6-8(11(16)17)4-5-13-9/h4-6,21H,7H2,1-3H3,(H,16,17). The molecule has 0 fully saturated rings. The highest BCUT2D eigenvalue weighted by Gasteiger charge is 2.21. The van der Waals surface area contributed by atoms with Gasteiger partial charge in [-0.05, 0) is 32.9 Å². The molecular formula is C12H16N2O6S. The average molecular weight is 316 g/mol. The zero-order chi connectivity index (χ0) is 16.2. The molecule has 0 aliphatic rings. The Morgan fingerprint density at radius 2 is 2.00 bits per heavy atom. The van der Waals surface area contributed by atoms with Crippen LogP contribution in [0.25, 0.3) is 0 Å². The van der Waals surface area contributed by atoms with Crippen LogP contribution >= 0.6 is 0 Å². The van der Waals surface area contributed by atoms with Crippen LogP contribution in [0.5, 0.6) is 0 Å². The first-order valence-corrected chi connectivity index (χ1v) is 7.06. The predicted molar refractivity (Wildman–Crippen MR) is 74.7 cm³/mol. The number of hydrogen-bond acceptors (Lipinski definition) is 6. The second-order valence-electron chi connectivity index (χ2n) is 5.09. The number of esters is 1. The van der Waals surface area contributed by atoms with Crippen LogP contribution in [0.4, 0.5) is 5.82 Å². The number of carbonyl (C=O) groups excluding carboxylic acids is 1. The van der Waals surface area contributed by atoms with Crippen LogP contribution in [0.1, 0.15) is 31.1 Å². The minimum absolute atomic E-state index is 0.133. The number of carboxylic acids is 1. The first kappa shape index (κ1) is 16.9. The lowest BCUT2D eigenvalue weighted by atomic mass is 10.2. The number of aromatic nitrogens is 1. The number of hydrogen-bond donors (Lipinski definition) is 2. The van der Waals surface area contributed by atoms with Crippen LogP contribution in [0, 0.1) is 0 Å². The Morgan fingerprint density at radius 1 is 1.38 bits per heavy atom. The van der Waals surface area contributed by atoms with E-state index >= 15 is 0 Å². The molecule has 8 nitrogen and oxygen atoms in total. The Hall–Kier alpha value is -2.16. The number of carboxylic acid groups (broad SMARTS) is 1. The van der Waals surface area contributed by atoms with Crippen molar-refractivity contribution in [2.75, 3.05) is 10.8 Å². The summed E-state index contributed by atoms with van der Waals surface area (Å²) in [7, 11) is -3.17. The predicted octanol–water partition coefficient (Wildman–Crippen LogP) is 0.454. The summed E-state index contributed by atoms with van der Waals surface area (Å²) in [6.07, 6.45) is 1.15. The number of carbonyl (C=O) groups is 2. The SMILES string of the molecule is CC(C)(C)OC(=O)CN(c1cc(C(=O)O)ccn1)[SH](=O)=O. The van der Waals surface area contributed by atoms with E-state index in [0.717, 1.165) is 12.3 Å².